The summed E-state index contributed by atoms with van der Waals surface area (Å²) in [5.74, 6) is -0.513. The first-order valence-corrected chi connectivity index (χ1v) is 10.3. The molecule has 0 spiro atoms. The van der Waals surface area contributed by atoms with Crippen LogP contribution in [0.15, 0.2) is 48.5 Å². The highest BCUT2D eigenvalue weighted by atomic mass is 16.5. The quantitative estimate of drug-likeness (QED) is 0.643. The molecule has 1 aliphatic rings. The number of carbonyl (C=O) groups excluding carboxylic acids is 3. The minimum absolute atomic E-state index is 0.176. The molecule has 1 heterocycles. The Morgan fingerprint density at radius 2 is 1.74 bits per heavy atom. The van der Waals surface area contributed by atoms with Crippen LogP contribution in [0.25, 0.3) is 0 Å². The second-order valence-corrected chi connectivity index (χ2v) is 7.59. The highest BCUT2D eigenvalue weighted by Gasteiger charge is 2.24. The Hall–Kier alpha value is -3.55. The van der Waals surface area contributed by atoms with Crippen LogP contribution >= 0.6 is 0 Å². The van der Waals surface area contributed by atoms with E-state index < -0.39 is 11.8 Å². The molecule has 0 radical (unpaired) electrons. The summed E-state index contributed by atoms with van der Waals surface area (Å²) in [6.07, 6.45) is 1.50. The van der Waals surface area contributed by atoms with Crippen LogP contribution in [0.3, 0.4) is 0 Å². The summed E-state index contributed by atoms with van der Waals surface area (Å²) in [6, 6.07) is 14.4. The first kappa shape index (κ1) is 22.1. The van der Waals surface area contributed by atoms with Crippen molar-refractivity contribution in [3.05, 3.63) is 54.1 Å². The van der Waals surface area contributed by atoms with Crippen LogP contribution < -0.4 is 20.7 Å². The van der Waals surface area contributed by atoms with Crippen molar-refractivity contribution in [3.63, 3.8) is 0 Å². The molecule has 2 aromatic rings. The minimum atomic E-state index is -0.681. The van der Waals surface area contributed by atoms with Crippen LogP contribution in [0.5, 0.6) is 5.75 Å². The molecule has 0 aromatic heterocycles. The van der Waals surface area contributed by atoms with E-state index in [1.165, 1.54) is 0 Å². The van der Waals surface area contributed by atoms with Crippen LogP contribution in [0, 0.1) is 12.8 Å². The van der Waals surface area contributed by atoms with Gasteiger partial charge in [0.1, 0.15) is 5.75 Å². The zero-order valence-corrected chi connectivity index (χ0v) is 17.8. The fourth-order valence-electron chi connectivity index (χ4n) is 3.51. The van der Waals surface area contributed by atoms with Gasteiger partial charge in [-0.05, 0) is 55.5 Å². The number of likely N-dealkylation sites (tertiary alicyclic amines) is 1. The molecule has 0 aliphatic carbocycles. The number of piperidine rings is 1. The molecule has 1 aliphatic heterocycles. The van der Waals surface area contributed by atoms with Crippen molar-refractivity contribution in [2.24, 2.45) is 5.92 Å². The molecule has 0 bridgehead atoms. The van der Waals surface area contributed by atoms with Gasteiger partial charge in [0.15, 0.2) is 0 Å². The van der Waals surface area contributed by atoms with Crippen molar-refractivity contribution in [1.82, 2.24) is 10.2 Å². The van der Waals surface area contributed by atoms with Gasteiger partial charge < -0.3 is 25.6 Å². The number of amides is 4. The minimum Gasteiger partial charge on any atom is -0.495 e. The maximum atomic E-state index is 12.5. The van der Waals surface area contributed by atoms with Gasteiger partial charge in [-0.2, -0.15) is 0 Å². The predicted octanol–water partition coefficient (Wildman–Crippen LogP) is 3.00. The van der Waals surface area contributed by atoms with Crippen molar-refractivity contribution in [1.29, 1.82) is 0 Å². The Labute approximate surface area is 182 Å². The monoisotopic (exact) mass is 424 g/mol. The first-order valence-electron chi connectivity index (χ1n) is 10.3. The van der Waals surface area contributed by atoms with Gasteiger partial charge in [0.25, 0.3) is 0 Å². The summed E-state index contributed by atoms with van der Waals surface area (Å²) in [5, 5.41) is 8.18. The number of para-hydroxylation sites is 2. The Balaban J connectivity index is 1.41. The number of hydrogen-bond acceptors (Lipinski definition) is 4. The molecule has 0 atom stereocenters. The summed E-state index contributed by atoms with van der Waals surface area (Å²) >= 11 is 0. The normalized spacial score (nSPS) is 13.9. The number of hydrogen-bond donors (Lipinski definition) is 3. The number of nitrogens with one attached hydrogen (secondary N) is 3. The van der Waals surface area contributed by atoms with E-state index in [0.29, 0.717) is 36.8 Å². The topological polar surface area (TPSA) is 99.8 Å². The lowest BCUT2D eigenvalue weighted by atomic mass is 9.97. The van der Waals surface area contributed by atoms with E-state index in [-0.39, 0.29) is 11.9 Å². The standard InChI is InChI=1S/C23H28N4O4/c1-16-6-5-7-18(14-16)25-22(29)21(28)24-15-17-10-12-27(13-11-17)23(30)26-19-8-3-4-9-20(19)31-2/h3-9,14,17H,10-13,15H2,1-2H3,(H,24,28)(H,25,29)(H,26,30). The van der Waals surface area contributed by atoms with Crippen LogP contribution in [0.2, 0.25) is 0 Å². The fraction of sp³-hybridized carbons (Fsp3) is 0.348. The number of anilines is 2. The first-order chi connectivity index (χ1) is 15.0. The molecule has 1 fully saturated rings. The Kier molecular flexibility index (Phi) is 7.48. The van der Waals surface area contributed by atoms with E-state index in [0.717, 1.165) is 18.4 Å². The van der Waals surface area contributed by atoms with Crippen LogP contribution in [-0.4, -0.2) is 49.5 Å². The number of benzene rings is 2. The van der Waals surface area contributed by atoms with Crippen molar-refractivity contribution in [2.75, 3.05) is 37.4 Å². The number of ether oxygens (including phenoxy) is 1. The molecule has 3 N–H and O–H groups in total. The molecule has 3 rings (SSSR count). The molecule has 0 saturated carbocycles. The maximum Gasteiger partial charge on any atom is 0.321 e. The van der Waals surface area contributed by atoms with Crippen molar-refractivity contribution in [2.45, 2.75) is 19.8 Å². The van der Waals surface area contributed by atoms with E-state index in [4.69, 9.17) is 4.74 Å². The van der Waals surface area contributed by atoms with Gasteiger partial charge in [0, 0.05) is 25.3 Å². The van der Waals surface area contributed by atoms with Gasteiger partial charge in [-0.1, -0.05) is 24.3 Å². The number of aryl methyl sites for hydroxylation is 1. The SMILES string of the molecule is COc1ccccc1NC(=O)N1CCC(CNC(=O)C(=O)Nc2cccc(C)c2)CC1. The zero-order chi connectivity index (χ0) is 22.2. The van der Waals surface area contributed by atoms with Gasteiger partial charge in [-0.25, -0.2) is 4.79 Å². The Morgan fingerprint density at radius 3 is 2.45 bits per heavy atom. The highest BCUT2D eigenvalue weighted by Crippen LogP contribution is 2.24. The smallest absolute Gasteiger partial charge is 0.321 e. The summed E-state index contributed by atoms with van der Waals surface area (Å²) in [5.41, 5.74) is 2.22. The van der Waals surface area contributed by atoms with Gasteiger partial charge in [-0.3, -0.25) is 9.59 Å². The summed E-state index contributed by atoms with van der Waals surface area (Å²) in [7, 11) is 1.56. The second kappa shape index (κ2) is 10.5. The summed E-state index contributed by atoms with van der Waals surface area (Å²) < 4.78 is 5.26. The third kappa shape index (κ3) is 6.21. The van der Waals surface area contributed by atoms with Gasteiger partial charge in [0.2, 0.25) is 0 Å². The van der Waals surface area contributed by atoms with E-state index in [9.17, 15) is 14.4 Å². The Morgan fingerprint density at radius 1 is 1.00 bits per heavy atom. The van der Waals surface area contributed by atoms with E-state index in [1.807, 2.05) is 31.2 Å². The number of methoxy groups -OCH3 is 1. The van der Waals surface area contributed by atoms with E-state index in [2.05, 4.69) is 16.0 Å². The number of carbonyl (C=O) groups is 3. The van der Waals surface area contributed by atoms with Crippen LogP contribution in [0.4, 0.5) is 16.2 Å². The van der Waals surface area contributed by atoms with Crippen molar-refractivity contribution in [3.8, 4) is 5.75 Å². The largest absolute Gasteiger partial charge is 0.495 e. The number of urea groups is 1. The molecule has 164 valence electrons. The van der Waals surface area contributed by atoms with Gasteiger partial charge in [0.05, 0.1) is 12.8 Å². The van der Waals surface area contributed by atoms with Gasteiger partial charge in [-0.15, -0.1) is 0 Å². The number of rotatable bonds is 5. The summed E-state index contributed by atoms with van der Waals surface area (Å²) in [4.78, 5) is 38.4. The Bertz CT molecular complexity index is 939. The van der Waals surface area contributed by atoms with Crippen molar-refractivity contribution < 1.29 is 19.1 Å². The van der Waals surface area contributed by atoms with Crippen molar-refractivity contribution >= 4 is 29.2 Å². The van der Waals surface area contributed by atoms with E-state index in [1.54, 1.807) is 36.3 Å². The molecule has 8 heteroatoms. The molecular weight excluding hydrogens is 396 g/mol. The second-order valence-electron chi connectivity index (χ2n) is 7.59. The summed E-state index contributed by atoms with van der Waals surface area (Å²) in [6.45, 7) is 3.48. The zero-order valence-electron chi connectivity index (χ0n) is 17.8. The number of nitrogens with zero attached hydrogens (tertiary/aromatic N) is 1. The lowest BCUT2D eigenvalue weighted by molar-refractivity contribution is -0.136. The third-order valence-corrected chi connectivity index (χ3v) is 5.28. The molecule has 2 aromatic carbocycles. The highest BCUT2D eigenvalue weighted by molar-refractivity contribution is 6.39. The fourth-order valence-corrected chi connectivity index (χ4v) is 3.51. The maximum absolute atomic E-state index is 12.5. The average Bonchev–Trinajstić information content (AvgIpc) is 2.78. The lowest BCUT2D eigenvalue weighted by Crippen LogP contribution is -2.44. The molecule has 8 nitrogen and oxygen atoms in total. The lowest BCUT2D eigenvalue weighted by Gasteiger charge is -2.32. The van der Waals surface area contributed by atoms with Crippen LogP contribution in [0.1, 0.15) is 18.4 Å². The van der Waals surface area contributed by atoms with Gasteiger partial charge >= 0.3 is 17.8 Å². The molecule has 31 heavy (non-hydrogen) atoms. The van der Waals surface area contributed by atoms with Crippen LogP contribution in [-0.2, 0) is 9.59 Å². The molecule has 1 saturated heterocycles. The molecular formula is C23H28N4O4. The average molecular weight is 425 g/mol. The predicted molar refractivity (Wildman–Crippen MR) is 119 cm³/mol. The third-order valence-electron chi connectivity index (χ3n) is 5.28. The molecule has 4 amide bonds. The van der Waals surface area contributed by atoms with E-state index >= 15 is 0 Å². The molecule has 0 unspecified atom stereocenters.